The van der Waals surface area contributed by atoms with Gasteiger partial charge in [0.15, 0.2) is 0 Å². The van der Waals surface area contributed by atoms with Crippen molar-refractivity contribution in [3.8, 4) is 0 Å². The van der Waals surface area contributed by atoms with Crippen LogP contribution >= 0.6 is 23.1 Å². The Morgan fingerprint density at radius 2 is 1.95 bits per heavy atom. The minimum absolute atomic E-state index is 0.844. The number of hydrogen-bond acceptors (Lipinski definition) is 5. The van der Waals surface area contributed by atoms with Gasteiger partial charge in [0.1, 0.15) is 17.0 Å². The highest BCUT2D eigenvalue weighted by Gasteiger charge is 2.09. The molecular formula is C15H15N3S2. The van der Waals surface area contributed by atoms with Crippen LogP contribution in [0.2, 0.25) is 0 Å². The first kappa shape index (κ1) is 13.4. The van der Waals surface area contributed by atoms with Gasteiger partial charge in [-0.2, -0.15) is 0 Å². The zero-order chi connectivity index (χ0) is 13.9. The van der Waals surface area contributed by atoms with Crippen LogP contribution in [0, 0.1) is 0 Å². The molecule has 0 amide bonds. The molecule has 2 heterocycles. The van der Waals surface area contributed by atoms with Gasteiger partial charge in [-0.05, 0) is 35.4 Å². The number of hydrogen-bond donors (Lipinski definition) is 0. The van der Waals surface area contributed by atoms with Crippen molar-refractivity contribution in [2.24, 2.45) is 0 Å². The van der Waals surface area contributed by atoms with Crippen LogP contribution in [0.15, 0.2) is 46.9 Å². The third-order valence-electron chi connectivity index (χ3n) is 3.18. The second-order valence-electron chi connectivity index (χ2n) is 4.54. The zero-order valence-electron chi connectivity index (χ0n) is 11.4. The summed E-state index contributed by atoms with van der Waals surface area (Å²) in [6.45, 7) is 0.844. The maximum atomic E-state index is 4.43. The van der Waals surface area contributed by atoms with Crippen molar-refractivity contribution in [2.75, 3.05) is 18.2 Å². The Hall–Kier alpha value is -1.59. The van der Waals surface area contributed by atoms with Crippen molar-refractivity contribution in [3.63, 3.8) is 0 Å². The molecule has 0 aliphatic rings. The minimum atomic E-state index is 0.844. The molecule has 0 atom stereocenters. The molecule has 3 nitrogen and oxygen atoms in total. The van der Waals surface area contributed by atoms with Crippen molar-refractivity contribution in [2.45, 2.75) is 11.4 Å². The molecular weight excluding hydrogens is 286 g/mol. The number of fused-ring (bicyclic) bond motifs is 1. The molecule has 0 aliphatic heterocycles. The molecule has 0 N–H and O–H groups in total. The first-order valence-electron chi connectivity index (χ1n) is 6.30. The number of benzene rings is 1. The van der Waals surface area contributed by atoms with Crippen LogP contribution < -0.4 is 4.90 Å². The van der Waals surface area contributed by atoms with E-state index in [4.69, 9.17) is 0 Å². The van der Waals surface area contributed by atoms with Crippen molar-refractivity contribution in [3.05, 3.63) is 47.6 Å². The van der Waals surface area contributed by atoms with Gasteiger partial charge >= 0.3 is 0 Å². The molecule has 0 radical (unpaired) electrons. The molecule has 1 aromatic carbocycles. The molecule has 0 saturated carbocycles. The topological polar surface area (TPSA) is 29.0 Å². The number of thioether (sulfide) groups is 1. The highest BCUT2D eigenvalue weighted by molar-refractivity contribution is 7.98. The summed E-state index contributed by atoms with van der Waals surface area (Å²) in [5, 5.41) is 3.19. The predicted octanol–water partition coefficient (Wildman–Crippen LogP) is 4.05. The van der Waals surface area contributed by atoms with Gasteiger partial charge in [-0.1, -0.05) is 12.1 Å². The molecule has 0 fully saturated rings. The zero-order valence-corrected chi connectivity index (χ0v) is 13.0. The summed E-state index contributed by atoms with van der Waals surface area (Å²) in [5.74, 6) is 0.991. The van der Waals surface area contributed by atoms with Gasteiger partial charge in [0.25, 0.3) is 0 Å². The number of aromatic nitrogens is 2. The van der Waals surface area contributed by atoms with E-state index in [-0.39, 0.29) is 0 Å². The van der Waals surface area contributed by atoms with Gasteiger partial charge in [0.05, 0.1) is 5.39 Å². The van der Waals surface area contributed by atoms with Crippen LogP contribution in [0.25, 0.3) is 10.2 Å². The lowest BCUT2D eigenvalue weighted by molar-refractivity contribution is 0.899. The Labute approximate surface area is 126 Å². The quantitative estimate of drug-likeness (QED) is 0.680. The lowest BCUT2D eigenvalue weighted by Gasteiger charge is -2.19. The minimum Gasteiger partial charge on any atom is -0.355 e. The average Bonchev–Trinajstić information content (AvgIpc) is 2.96. The van der Waals surface area contributed by atoms with E-state index >= 15 is 0 Å². The van der Waals surface area contributed by atoms with Gasteiger partial charge < -0.3 is 4.90 Å². The molecule has 3 aromatic rings. The van der Waals surface area contributed by atoms with Crippen LogP contribution in [0.4, 0.5) is 5.82 Å². The molecule has 0 spiro atoms. The van der Waals surface area contributed by atoms with Gasteiger partial charge in [-0.25, -0.2) is 9.97 Å². The third-order valence-corrected chi connectivity index (χ3v) is 4.75. The van der Waals surface area contributed by atoms with Crippen LogP contribution in [0.3, 0.4) is 0 Å². The van der Waals surface area contributed by atoms with E-state index in [2.05, 4.69) is 63.9 Å². The second kappa shape index (κ2) is 5.81. The van der Waals surface area contributed by atoms with Gasteiger partial charge in [-0.15, -0.1) is 23.1 Å². The van der Waals surface area contributed by atoms with Gasteiger partial charge in [-0.3, -0.25) is 0 Å². The fourth-order valence-corrected chi connectivity index (χ4v) is 3.30. The number of thiophene rings is 1. The molecule has 5 heteroatoms. The number of nitrogens with zero attached hydrogens (tertiary/aromatic N) is 3. The van der Waals surface area contributed by atoms with Crippen molar-refractivity contribution in [1.82, 2.24) is 9.97 Å². The first-order valence-corrected chi connectivity index (χ1v) is 8.40. The van der Waals surface area contributed by atoms with E-state index in [0.29, 0.717) is 0 Å². The highest BCUT2D eigenvalue weighted by atomic mass is 32.2. The summed E-state index contributed by atoms with van der Waals surface area (Å²) in [6, 6.07) is 10.8. The smallest absolute Gasteiger partial charge is 0.140 e. The first-order chi connectivity index (χ1) is 9.78. The summed E-state index contributed by atoms with van der Waals surface area (Å²) in [6.07, 6.45) is 3.73. The Morgan fingerprint density at radius 1 is 1.15 bits per heavy atom. The SMILES string of the molecule is CSc1ccc(CN(C)c2ncnc3sccc23)cc1. The summed E-state index contributed by atoms with van der Waals surface area (Å²) in [5.41, 5.74) is 1.28. The van der Waals surface area contributed by atoms with Crippen LogP contribution in [-0.2, 0) is 6.54 Å². The Bertz CT molecular complexity index is 706. The predicted molar refractivity (Wildman–Crippen MR) is 87.7 cm³/mol. The maximum absolute atomic E-state index is 4.43. The summed E-state index contributed by atoms with van der Waals surface area (Å²) >= 11 is 3.41. The standard InChI is InChI=1S/C15H15N3S2/c1-18(9-11-3-5-12(19-2)6-4-11)14-13-7-8-20-15(13)17-10-16-14/h3-8,10H,9H2,1-2H3. The molecule has 20 heavy (non-hydrogen) atoms. The normalized spacial score (nSPS) is 10.9. The molecule has 3 rings (SSSR count). The second-order valence-corrected chi connectivity index (χ2v) is 6.32. The van der Waals surface area contributed by atoms with Crippen molar-refractivity contribution in [1.29, 1.82) is 0 Å². The molecule has 102 valence electrons. The maximum Gasteiger partial charge on any atom is 0.140 e. The third kappa shape index (κ3) is 2.64. The molecule has 0 bridgehead atoms. The van der Waals surface area contributed by atoms with Crippen molar-refractivity contribution < 1.29 is 0 Å². The van der Waals surface area contributed by atoms with Crippen LogP contribution in [-0.4, -0.2) is 23.3 Å². The molecule has 2 aromatic heterocycles. The van der Waals surface area contributed by atoms with Gasteiger partial charge in [0, 0.05) is 18.5 Å². The monoisotopic (exact) mass is 301 g/mol. The fourth-order valence-electron chi connectivity index (χ4n) is 2.16. The van der Waals surface area contributed by atoms with E-state index in [1.165, 1.54) is 10.5 Å². The largest absolute Gasteiger partial charge is 0.355 e. The summed E-state index contributed by atoms with van der Waals surface area (Å²) < 4.78 is 0. The number of rotatable bonds is 4. The van der Waals surface area contributed by atoms with E-state index in [0.717, 1.165) is 22.6 Å². The van der Waals surface area contributed by atoms with Gasteiger partial charge in [0.2, 0.25) is 0 Å². The van der Waals surface area contributed by atoms with Crippen molar-refractivity contribution >= 4 is 39.1 Å². The number of anilines is 1. The molecule has 0 unspecified atom stereocenters. The highest BCUT2D eigenvalue weighted by Crippen LogP contribution is 2.27. The molecule has 0 saturated heterocycles. The Kier molecular flexibility index (Phi) is 3.89. The molecule has 0 aliphatic carbocycles. The summed E-state index contributed by atoms with van der Waals surface area (Å²) in [7, 11) is 2.07. The van der Waals surface area contributed by atoms with Crippen LogP contribution in [0.5, 0.6) is 0 Å². The Balaban J connectivity index is 1.84. The summed E-state index contributed by atoms with van der Waals surface area (Å²) in [4.78, 5) is 13.2. The van der Waals surface area contributed by atoms with E-state index in [1.807, 2.05) is 0 Å². The fraction of sp³-hybridized carbons (Fsp3) is 0.200. The lowest BCUT2D eigenvalue weighted by Crippen LogP contribution is -2.17. The van der Waals surface area contributed by atoms with Crippen LogP contribution in [0.1, 0.15) is 5.56 Å². The van der Waals surface area contributed by atoms with E-state index in [1.54, 1.807) is 29.4 Å². The Morgan fingerprint density at radius 3 is 2.70 bits per heavy atom. The van der Waals surface area contributed by atoms with E-state index in [9.17, 15) is 0 Å². The van der Waals surface area contributed by atoms with E-state index < -0.39 is 0 Å². The average molecular weight is 301 g/mol. The lowest BCUT2D eigenvalue weighted by atomic mass is 10.2.